The molecule has 1 aromatic heterocycles. The summed E-state index contributed by atoms with van der Waals surface area (Å²) in [5.74, 6) is 1.20. The summed E-state index contributed by atoms with van der Waals surface area (Å²) < 4.78 is 5.49. The summed E-state index contributed by atoms with van der Waals surface area (Å²) in [6, 6.07) is 12.0. The van der Waals surface area contributed by atoms with E-state index < -0.39 is 5.60 Å². The number of hydrogen-bond acceptors (Lipinski definition) is 6. The summed E-state index contributed by atoms with van der Waals surface area (Å²) in [7, 11) is 0. The normalized spacial score (nSPS) is 19.2. The second-order valence-corrected chi connectivity index (χ2v) is 10.3. The number of aryl methyl sites for hydroxylation is 1. The van der Waals surface area contributed by atoms with Crippen molar-refractivity contribution in [3.8, 4) is 0 Å². The maximum Gasteiger partial charge on any atom is 0.410 e. The number of nitrogens with one attached hydrogen (secondary N) is 1. The number of amides is 2. The fourth-order valence-electron chi connectivity index (χ4n) is 4.55. The number of rotatable bonds is 4. The van der Waals surface area contributed by atoms with Gasteiger partial charge in [-0.25, -0.2) is 4.79 Å². The van der Waals surface area contributed by atoms with Crippen LogP contribution in [-0.4, -0.2) is 58.9 Å². The van der Waals surface area contributed by atoms with Gasteiger partial charge in [0.1, 0.15) is 5.60 Å². The van der Waals surface area contributed by atoms with E-state index in [1.165, 1.54) is 5.56 Å². The molecule has 4 rings (SSSR count). The number of carbonyl (C=O) groups is 2. The fraction of sp³-hybridized carbons (Fsp3) is 0.538. The number of ether oxygens (including phenoxy) is 1. The number of carbonyl (C=O) groups excluding carboxylic acids is 2. The van der Waals surface area contributed by atoms with Gasteiger partial charge in [0, 0.05) is 31.9 Å². The molecular weight excluding hydrogens is 430 g/mol. The molecule has 1 N–H and O–H groups in total. The monoisotopic (exact) mass is 465 g/mol. The average Bonchev–Trinajstić information content (AvgIpc) is 3.30. The Bertz CT molecular complexity index is 993. The molecular formula is C26H35N5O3. The molecule has 0 saturated carbocycles. The first kappa shape index (κ1) is 24.0. The second-order valence-electron chi connectivity index (χ2n) is 10.3. The van der Waals surface area contributed by atoms with Crippen molar-refractivity contribution in [1.82, 2.24) is 15.1 Å². The van der Waals surface area contributed by atoms with Gasteiger partial charge in [0.15, 0.2) is 5.82 Å². The molecule has 34 heavy (non-hydrogen) atoms. The highest BCUT2D eigenvalue weighted by molar-refractivity contribution is 5.93. The maximum atomic E-state index is 12.8. The van der Waals surface area contributed by atoms with E-state index in [-0.39, 0.29) is 17.9 Å². The van der Waals surface area contributed by atoms with E-state index >= 15 is 0 Å². The van der Waals surface area contributed by atoms with Crippen LogP contribution in [0.25, 0.3) is 0 Å². The highest BCUT2D eigenvalue weighted by Gasteiger charge is 2.30. The summed E-state index contributed by atoms with van der Waals surface area (Å²) in [6.45, 7) is 10.4. The Balaban J connectivity index is 1.26. The van der Waals surface area contributed by atoms with Crippen LogP contribution < -0.4 is 10.2 Å². The van der Waals surface area contributed by atoms with Gasteiger partial charge < -0.3 is 19.9 Å². The van der Waals surface area contributed by atoms with Gasteiger partial charge >= 0.3 is 6.09 Å². The highest BCUT2D eigenvalue weighted by Crippen LogP contribution is 2.30. The molecule has 2 aromatic rings. The van der Waals surface area contributed by atoms with Crippen LogP contribution in [0.1, 0.15) is 57.2 Å². The first-order chi connectivity index (χ1) is 16.2. The van der Waals surface area contributed by atoms with Gasteiger partial charge in [0.05, 0.1) is 11.6 Å². The van der Waals surface area contributed by atoms with Gasteiger partial charge in [-0.3, -0.25) is 4.79 Å². The van der Waals surface area contributed by atoms with Crippen molar-refractivity contribution < 1.29 is 14.3 Å². The topological polar surface area (TPSA) is 87.7 Å². The summed E-state index contributed by atoms with van der Waals surface area (Å²) in [5, 5.41) is 11.4. The minimum Gasteiger partial charge on any atom is -0.444 e. The standard InChI is InChI=1S/C26H35N5O3/c1-18-5-10-23(29-28-18)31-16-13-21(17-31)24(32)27-22-8-6-19(7-9-22)20-11-14-30(15-12-20)25(33)34-26(2,3)4/h5-10,20-21H,11-17H2,1-4H3,(H,27,32)/t21-/m0/s1. The lowest BCUT2D eigenvalue weighted by Gasteiger charge is -2.33. The van der Waals surface area contributed by atoms with Gasteiger partial charge in [-0.05, 0) is 82.7 Å². The first-order valence-corrected chi connectivity index (χ1v) is 12.1. The molecule has 0 bridgehead atoms. The molecule has 2 saturated heterocycles. The van der Waals surface area contributed by atoms with Crippen LogP contribution in [0, 0.1) is 12.8 Å². The molecule has 182 valence electrons. The van der Waals surface area contributed by atoms with E-state index in [0.717, 1.165) is 43.0 Å². The number of piperidine rings is 1. The lowest BCUT2D eigenvalue weighted by atomic mass is 9.89. The van der Waals surface area contributed by atoms with Crippen LogP contribution in [0.4, 0.5) is 16.3 Å². The highest BCUT2D eigenvalue weighted by atomic mass is 16.6. The molecule has 0 radical (unpaired) electrons. The van der Waals surface area contributed by atoms with Gasteiger partial charge in [0.25, 0.3) is 0 Å². The number of hydrogen-bond donors (Lipinski definition) is 1. The summed E-state index contributed by atoms with van der Waals surface area (Å²) in [4.78, 5) is 29.0. The van der Waals surface area contributed by atoms with Crippen LogP contribution in [0.3, 0.4) is 0 Å². The molecule has 0 aliphatic carbocycles. The largest absolute Gasteiger partial charge is 0.444 e. The summed E-state index contributed by atoms with van der Waals surface area (Å²) in [6.07, 6.45) is 2.38. The third kappa shape index (κ3) is 6.04. The van der Waals surface area contributed by atoms with Gasteiger partial charge in [-0.1, -0.05) is 12.1 Å². The molecule has 3 heterocycles. The molecule has 2 fully saturated rings. The van der Waals surface area contributed by atoms with Gasteiger partial charge in [-0.15, -0.1) is 5.10 Å². The number of likely N-dealkylation sites (tertiary alicyclic amines) is 1. The zero-order valence-corrected chi connectivity index (χ0v) is 20.6. The van der Waals surface area contributed by atoms with Crippen molar-refractivity contribution in [3.05, 3.63) is 47.7 Å². The molecule has 2 amide bonds. The Hall–Kier alpha value is -3.16. The Morgan fingerprint density at radius 2 is 1.68 bits per heavy atom. The lowest BCUT2D eigenvalue weighted by molar-refractivity contribution is -0.119. The van der Waals surface area contributed by atoms with E-state index in [4.69, 9.17) is 4.74 Å². The quantitative estimate of drug-likeness (QED) is 0.722. The van der Waals surface area contributed by atoms with Crippen molar-refractivity contribution in [1.29, 1.82) is 0 Å². The van der Waals surface area contributed by atoms with Crippen LogP contribution in [-0.2, 0) is 9.53 Å². The predicted molar refractivity (Wildman–Crippen MR) is 132 cm³/mol. The molecule has 8 nitrogen and oxygen atoms in total. The lowest BCUT2D eigenvalue weighted by Crippen LogP contribution is -2.41. The Labute approximate surface area is 201 Å². The molecule has 0 unspecified atom stereocenters. The maximum absolute atomic E-state index is 12.8. The van der Waals surface area contributed by atoms with E-state index in [1.54, 1.807) is 4.90 Å². The fourth-order valence-corrected chi connectivity index (χ4v) is 4.55. The van der Waals surface area contributed by atoms with Crippen molar-refractivity contribution in [2.45, 2.75) is 58.5 Å². The van der Waals surface area contributed by atoms with E-state index in [0.29, 0.717) is 25.6 Å². The summed E-state index contributed by atoms with van der Waals surface area (Å²) in [5.41, 5.74) is 2.47. The minimum atomic E-state index is -0.472. The molecule has 8 heteroatoms. The Morgan fingerprint density at radius 1 is 0.971 bits per heavy atom. The third-order valence-corrected chi connectivity index (χ3v) is 6.46. The average molecular weight is 466 g/mol. The molecule has 2 aliphatic rings. The van der Waals surface area contributed by atoms with E-state index in [1.807, 2.05) is 52.0 Å². The zero-order chi connectivity index (χ0) is 24.3. The first-order valence-electron chi connectivity index (χ1n) is 12.1. The molecule has 2 aliphatic heterocycles. The van der Waals surface area contributed by atoms with Crippen molar-refractivity contribution in [3.63, 3.8) is 0 Å². The Kier molecular flexibility index (Phi) is 7.05. The van der Waals surface area contributed by atoms with E-state index in [2.05, 4.69) is 32.5 Å². The molecule has 1 atom stereocenters. The Morgan fingerprint density at radius 3 is 2.29 bits per heavy atom. The van der Waals surface area contributed by atoms with Crippen molar-refractivity contribution in [2.75, 3.05) is 36.4 Å². The molecule has 1 aromatic carbocycles. The minimum absolute atomic E-state index is 0.0426. The van der Waals surface area contributed by atoms with Crippen LogP contribution in [0.2, 0.25) is 0 Å². The van der Waals surface area contributed by atoms with Gasteiger partial charge in [-0.2, -0.15) is 5.10 Å². The number of aromatic nitrogens is 2. The molecule has 0 spiro atoms. The SMILES string of the molecule is Cc1ccc(N2CC[C@H](C(=O)Nc3ccc(C4CCN(C(=O)OC(C)(C)C)CC4)cc3)C2)nn1. The smallest absolute Gasteiger partial charge is 0.410 e. The zero-order valence-electron chi connectivity index (χ0n) is 20.6. The van der Waals surface area contributed by atoms with Crippen LogP contribution in [0.15, 0.2) is 36.4 Å². The third-order valence-electron chi connectivity index (χ3n) is 6.46. The van der Waals surface area contributed by atoms with E-state index in [9.17, 15) is 9.59 Å². The van der Waals surface area contributed by atoms with Crippen molar-refractivity contribution >= 4 is 23.5 Å². The van der Waals surface area contributed by atoms with Crippen LogP contribution in [0.5, 0.6) is 0 Å². The predicted octanol–water partition coefficient (Wildman–Crippen LogP) is 4.36. The van der Waals surface area contributed by atoms with Crippen LogP contribution >= 0.6 is 0 Å². The number of anilines is 2. The summed E-state index contributed by atoms with van der Waals surface area (Å²) >= 11 is 0. The van der Waals surface area contributed by atoms with Crippen molar-refractivity contribution in [2.24, 2.45) is 5.92 Å². The van der Waals surface area contributed by atoms with Gasteiger partial charge in [0.2, 0.25) is 5.91 Å². The number of nitrogens with zero attached hydrogens (tertiary/aromatic N) is 4. The second kappa shape index (κ2) is 9.99. The number of benzene rings is 1.